The van der Waals surface area contributed by atoms with Gasteiger partial charge in [0.15, 0.2) is 0 Å². The van der Waals surface area contributed by atoms with Gasteiger partial charge >= 0.3 is 0 Å². The fourth-order valence-electron chi connectivity index (χ4n) is 2.25. The first-order valence-electron chi connectivity index (χ1n) is 5.61. The van der Waals surface area contributed by atoms with Crippen LogP contribution in [0.2, 0.25) is 0 Å². The second kappa shape index (κ2) is 5.88. The summed E-state index contributed by atoms with van der Waals surface area (Å²) >= 11 is 7.92. The molecule has 0 radical (unpaired) electrons. The molecule has 0 spiro atoms. The van der Waals surface area contributed by atoms with Crippen molar-refractivity contribution in [3.05, 3.63) is 13.6 Å². The number of thiophene rings is 1. The van der Waals surface area contributed by atoms with Gasteiger partial charge in [0.25, 0.3) is 0 Å². The summed E-state index contributed by atoms with van der Waals surface area (Å²) in [5, 5.41) is 0. The summed E-state index contributed by atoms with van der Waals surface area (Å²) in [5.41, 5.74) is 5.67. The zero-order chi connectivity index (χ0) is 13.3. The topological polar surface area (TPSA) is 72.2 Å². The van der Waals surface area contributed by atoms with Crippen LogP contribution in [0, 0.1) is 5.92 Å². The highest BCUT2D eigenvalue weighted by molar-refractivity contribution is 9.12. The fourth-order valence-corrected chi connectivity index (χ4v) is 7.40. The number of hydrogen-bond acceptors (Lipinski definition) is 4. The van der Waals surface area contributed by atoms with Crippen molar-refractivity contribution < 1.29 is 8.42 Å². The summed E-state index contributed by atoms with van der Waals surface area (Å²) in [5.74, 6) is 0.251. The lowest BCUT2D eigenvalue weighted by atomic mass is 10.1. The molecule has 102 valence electrons. The van der Waals surface area contributed by atoms with E-state index in [1.807, 2.05) is 0 Å². The molecule has 0 aromatic carbocycles. The van der Waals surface area contributed by atoms with Gasteiger partial charge in [0.05, 0.1) is 7.57 Å². The highest BCUT2D eigenvalue weighted by Gasteiger charge is 2.31. The maximum Gasteiger partial charge on any atom is 0.242 e. The molecule has 3 N–H and O–H groups in total. The average molecular weight is 418 g/mol. The van der Waals surface area contributed by atoms with Crippen molar-refractivity contribution in [3.8, 4) is 0 Å². The molecule has 0 saturated heterocycles. The Labute approximate surface area is 128 Å². The van der Waals surface area contributed by atoms with Crippen molar-refractivity contribution in [2.75, 3.05) is 6.54 Å². The van der Waals surface area contributed by atoms with Crippen molar-refractivity contribution in [2.24, 2.45) is 11.7 Å². The monoisotopic (exact) mass is 416 g/mol. The van der Waals surface area contributed by atoms with E-state index in [1.54, 1.807) is 6.07 Å². The highest BCUT2D eigenvalue weighted by atomic mass is 79.9. The van der Waals surface area contributed by atoms with Crippen LogP contribution in [-0.4, -0.2) is 21.0 Å². The summed E-state index contributed by atoms with van der Waals surface area (Å²) in [7, 11) is -3.47. The van der Waals surface area contributed by atoms with E-state index in [9.17, 15) is 8.42 Å². The quantitative estimate of drug-likeness (QED) is 0.790. The van der Waals surface area contributed by atoms with Gasteiger partial charge in [-0.1, -0.05) is 6.42 Å². The van der Waals surface area contributed by atoms with E-state index >= 15 is 0 Å². The molecule has 4 nitrogen and oxygen atoms in total. The predicted octanol–water partition coefficient (Wildman–Crippen LogP) is 2.68. The third kappa shape index (κ3) is 3.16. The Balaban J connectivity index is 2.19. The van der Waals surface area contributed by atoms with E-state index < -0.39 is 10.0 Å². The summed E-state index contributed by atoms with van der Waals surface area (Å²) in [4.78, 5) is 0.294. The van der Waals surface area contributed by atoms with Crippen LogP contribution in [-0.2, 0) is 10.0 Å². The third-order valence-electron chi connectivity index (χ3n) is 3.18. The number of sulfonamides is 1. The molecule has 1 aromatic rings. The fraction of sp³-hybridized carbons (Fsp3) is 0.600. The Morgan fingerprint density at radius 2 is 2.17 bits per heavy atom. The van der Waals surface area contributed by atoms with Crippen LogP contribution in [0.25, 0.3) is 0 Å². The first kappa shape index (κ1) is 14.9. The molecular weight excluding hydrogens is 404 g/mol. The molecule has 1 heterocycles. The van der Waals surface area contributed by atoms with Crippen molar-refractivity contribution in [3.63, 3.8) is 0 Å². The molecule has 0 bridgehead atoms. The number of rotatable bonds is 4. The van der Waals surface area contributed by atoms with E-state index in [2.05, 4.69) is 36.6 Å². The molecule has 1 fully saturated rings. The number of halogens is 2. The summed E-state index contributed by atoms with van der Waals surface area (Å²) in [6.07, 6.45) is 2.89. The Morgan fingerprint density at radius 1 is 1.44 bits per heavy atom. The first-order valence-corrected chi connectivity index (χ1v) is 9.50. The van der Waals surface area contributed by atoms with E-state index in [0.29, 0.717) is 15.2 Å². The van der Waals surface area contributed by atoms with Gasteiger partial charge in [-0.3, -0.25) is 0 Å². The van der Waals surface area contributed by atoms with Crippen LogP contribution in [0.15, 0.2) is 18.5 Å². The molecule has 1 aliphatic rings. The first-order chi connectivity index (χ1) is 8.44. The average Bonchev–Trinajstić information content (AvgIpc) is 2.84. The van der Waals surface area contributed by atoms with Crippen LogP contribution in [0.3, 0.4) is 0 Å². The zero-order valence-electron chi connectivity index (χ0n) is 9.53. The summed E-state index contributed by atoms with van der Waals surface area (Å²) in [6.45, 7) is 0.529. The Morgan fingerprint density at radius 3 is 2.72 bits per heavy atom. The van der Waals surface area contributed by atoms with Crippen LogP contribution in [0.5, 0.6) is 0 Å². The van der Waals surface area contributed by atoms with Crippen LogP contribution < -0.4 is 10.5 Å². The molecule has 2 atom stereocenters. The third-order valence-corrected chi connectivity index (χ3v) is 7.43. The molecule has 1 aliphatic carbocycles. The molecule has 2 rings (SSSR count). The molecule has 8 heteroatoms. The maximum atomic E-state index is 12.3. The van der Waals surface area contributed by atoms with E-state index in [-0.39, 0.29) is 12.0 Å². The maximum absolute atomic E-state index is 12.3. The Hall–Kier alpha value is 0.530. The van der Waals surface area contributed by atoms with Gasteiger partial charge < -0.3 is 5.73 Å². The predicted molar refractivity (Wildman–Crippen MR) is 80.2 cm³/mol. The Bertz CT molecular complexity index is 530. The van der Waals surface area contributed by atoms with E-state index in [4.69, 9.17) is 5.73 Å². The minimum atomic E-state index is -3.47. The number of hydrogen-bond donors (Lipinski definition) is 2. The van der Waals surface area contributed by atoms with Crippen molar-refractivity contribution in [1.29, 1.82) is 0 Å². The minimum Gasteiger partial charge on any atom is -0.330 e. The van der Waals surface area contributed by atoms with Gasteiger partial charge in [-0.05, 0) is 63.2 Å². The summed E-state index contributed by atoms with van der Waals surface area (Å²) < 4.78 is 28.8. The zero-order valence-corrected chi connectivity index (χ0v) is 14.3. The van der Waals surface area contributed by atoms with E-state index in [0.717, 1.165) is 23.0 Å². The highest BCUT2D eigenvalue weighted by Crippen LogP contribution is 2.35. The largest absolute Gasteiger partial charge is 0.330 e. The van der Waals surface area contributed by atoms with E-state index in [1.165, 1.54) is 11.3 Å². The lowest BCUT2D eigenvalue weighted by Crippen LogP contribution is -2.39. The lowest BCUT2D eigenvalue weighted by Gasteiger charge is -2.19. The van der Waals surface area contributed by atoms with Crippen molar-refractivity contribution >= 4 is 53.2 Å². The van der Waals surface area contributed by atoms with Gasteiger partial charge in [0.2, 0.25) is 10.0 Å². The molecule has 0 aliphatic heterocycles. The van der Waals surface area contributed by atoms with Gasteiger partial charge in [-0.15, -0.1) is 11.3 Å². The van der Waals surface area contributed by atoms with Crippen molar-refractivity contribution in [1.82, 2.24) is 4.72 Å². The minimum absolute atomic E-state index is 0.0365. The van der Waals surface area contributed by atoms with Crippen LogP contribution in [0.1, 0.15) is 19.3 Å². The molecule has 1 aromatic heterocycles. The number of nitrogens with one attached hydrogen (secondary N) is 1. The molecule has 1 saturated carbocycles. The van der Waals surface area contributed by atoms with Crippen molar-refractivity contribution in [2.45, 2.75) is 30.2 Å². The van der Waals surface area contributed by atoms with Crippen LogP contribution in [0.4, 0.5) is 0 Å². The second-order valence-corrected chi connectivity index (χ2v) is 9.77. The molecule has 2 unspecified atom stereocenters. The van der Waals surface area contributed by atoms with Gasteiger partial charge in [-0.25, -0.2) is 13.1 Å². The second-order valence-electron chi connectivity index (χ2n) is 4.34. The van der Waals surface area contributed by atoms with Gasteiger partial charge in [0, 0.05) is 6.04 Å². The molecule has 0 amide bonds. The van der Waals surface area contributed by atoms with Gasteiger partial charge in [-0.2, -0.15) is 0 Å². The molecular formula is C10H14Br2N2O2S2. The molecule has 18 heavy (non-hydrogen) atoms. The van der Waals surface area contributed by atoms with Crippen LogP contribution >= 0.6 is 43.2 Å². The standard InChI is InChI=1S/C10H14Br2N2O2S2/c11-9-4-8(10(12)17-9)18(15,16)14-7-3-1-2-6(7)5-13/h4,6-7,14H,1-3,5,13H2. The summed E-state index contributed by atoms with van der Waals surface area (Å²) in [6, 6.07) is 1.58. The lowest BCUT2D eigenvalue weighted by molar-refractivity contribution is 0.453. The van der Waals surface area contributed by atoms with Gasteiger partial charge in [0.1, 0.15) is 4.90 Å². The number of nitrogens with two attached hydrogens (primary N) is 1. The smallest absolute Gasteiger partial charge is 0.242 e. The SMILES string of the molecule is NCC1CCCC1NS(=O)(=O)c1cc(Br)sc1Br. The normalized spacial score (nSPS) is 24.6. The Kier molecular flexibility index (Phi) is 4.88.